The number of nitrogens with one attached hydrogen (secondary N) is 2. The molecule has 0 radical (unpaired) electrons. The van der Waals surface area contributed by atoms with Crippen LogP contribution in [0.4, 0.5) is 5.69 Å². The Morgan fingerprint density at radius 1 is 1.15 bits per heavy atom. The number of aromatic amines is 1. The highest BCUT2D eigenvalue weighted by atomic mass is 16.5. The largest absolute Gasteiger partial charge is 0.497 e. The van der Waals surface area contributed by atoms with E-state index in [2.05, 4.69) is 42.0 Å². The van der Waals surface area contributed by atoms with Gasteiger partial charge in [-0.15, -0.1) is 10.2 Å². The predicted molar refractivity (Wildman–Crippen MR) is 99.6 cm³/mol. The number of hydrogen-bond acceptors (Lipinski definition) is 5. The third-order valence-corrected chi connectivity index (χ3v) is 5.23. The maximum Gasteiger partial charge on any atom is 0.179 e. The molecule has 0 amide bonds. The Hall–Kier alpha value is -3.09. The van der Waals surface area contributed by atoms with Crippen molar-refractivity contribution in [3.63, 3.8) is 0 Å². The van der Waals surface area contributed by atoms with Crippen molar-refractivity contribution in [3.05, 3.63) is 48.5 Å². The first-order valence-electron chi connectivity index (χ1n) is 8.89. The van der Waals surface area contributed by atoms with Crippen LogP contribution in [0, 0.1) is 0 Å². The SMILES string of the molecule is COc1ccc(NC2CCC(c3nnc4cnc5[nH]ccc5n34)C2)cc1. The lowest BCUT2D eigenvalue weighted by atomic mass is 10.1. The second-order valence-electron chi connectivity index (χ2n) is 6.80. The lowest BCUT2D eigenvalue weighted by Crippen LogP contribution is -2.15. The summed E-state index contributed by atoms with van der Waals surface area (Å²) in [5, 5.41) is 12.4. The second-order valence-corrected chi connectivity index (χ2v) is 6.80. The van der Waals surface area contributed by atoms with Crippen molar-refractivity contribution in [2.45, 2.75) is 31.2 Å². The molecule has 7 heteroatoms. The number of aromatic nitrogens is 5. The predicted octanol–water partition coefficient (Wildman–Crippen LogP) is 3.36. The molecular weight excluding hydrogens is 328 g/mol. The Morgan fingerprint density at radius 2 is 2.04 bits per heavy atom. The minimum Gasteiger partial charge on any atom is -0.497 e. The summed E-state index contributed by atoms with van der Waals surface area (Å²) in [6, 6.07) is 10.6. The Labute approximate surface area is 150 Å². The minimum atomic E-state index is 0.390. The smallest absolute Gasteiger partial charge is 0.179 e. The lowest BCUT2D eigenvalue weighted by molar-refractivity contribution is 0.415. The Bertz CT molecular complexity index is 1050. The van der Waals surface area contributed by atoms with Gasteiger partial charge in [-0.25, -0.2) is 4.98 Å². The Balaban J connectivity index is 1.38. The first-order chi connectivity index (χ1) is 12.8. The van der Waals surface area contributed by atoms with E-state index in [0.717, 1.165) is 53.3 Å². The number of rotatable bonds is 4. The number of fused-ring (bicyclic) bond motifs is 3. The third-order valence-electron chi connectivity index (χ3n) is 5.23. The molecule has 2 N–H and O–H groups in total. The van der Waals surface area contributed by atoms with E-state index in [0.29, 0.717) is 12.0 Å². The summed E-state index contributed by atoms with van der Waals surface area (Å²) in [7, 11) is 1.68. The standard InChI is InChI=1S/C19H20N6O/c1-26-15-6-4-13(5-7-15)22-14-3-2-12(10-14)19-24-23-17-11-21-18-16(25(17)19)8-9-20-18/h4-9,11-12,14,20,22H,2-3,10H2,1H3. The van der Waals surface area contributed by atoms with E-state index in [1.807, 2.05) is 24.4 Å². The van der Waals surface area contributed by atoms with E-state index in [1.54, 1.807) is 13.3 Å². The molecule has 0 saturated heterocycles. The van der Waals surface area contributed by atoms with Crippen LogP contribution in [-0.2, 0) is 0 Å². The summed E-state index contributed by atoms with van der Waals surface area (Å²) < 4.78 is 7.36. The molecule has 132 valence electrons. The summed E-state index contributed by atoms with van der Waals surface area (Å²) in [5.74, 6) is 2.30. The highest BCUT2D eigenvalue weighted by Gasteiger charge is 2.29. The van der Waals surface area contributed by atoms with Crippen molar-refractivity contribution in [1.29, 1.82) is 0 Å². The van der Waals surface area contributed by atoms with E-state index in [1.165, 1.54) is 0 Å². The highest BCUT2D eigenvalue weighted by molar-refractivity contribution is 5.74. The molecule has 0 bridgehead atoms. The van der Waals surface area contributed by atoms with Gasteiger partial charge >= 0.3 is 0 Å². The van der Waals surface area contributed by atoms with Gasteiger partial charge in [-0.3, -0.25) is 4.40 Å². The quantitative estimate of drug-likeness (QED) is 0.591. The second kappa shape index (κ2) is 6.01. The molecule has 26 heavy (non-hydrogen) atoms. The summed E-state index contributed by atoms with van der Waals surface area (Å²) >= 11 is 0. The van der Waals surface area contributed by atoms with Crippen LogP contribution in [0.15, 0.2) is 42.7 Å². The van der Waals surface area contributed by atoms with Crippen molar-refractivity contribution in [2.24, 2.45) is 0 Å². The molecule has 1 saturated carbocycles. The maximum atomic E-state index is 5.22. The normalized spacial score (nSPS) is 20.0. The zero-order valence-electron chi connectivity index (χ0n) is 14.5. The molecule has 3 heterocycles. The molecule has 0 aliphatic heterocycles. The fourth-order valence-electron chi connectivity index (χ4n) is 3.93. The molecule has 5 rings (SSSR count). The van der Waals surface area contributed by atoms with Crippen LogP contribution in [0.5, 0.6) is 5.75 Å². The number of methoxy groups -OCH3 is 1. The minimum absolute atomic E-state index is 0.390. The molecule has 1 aromatic carbocycles. The number of benzene rings is 1. The van der Waals surface area contributed by atoms with Crippen molar-refractivity contribution in [1.82, 2.24) is 24.6 Å². The van der Waals surface area contributed by atoms with E-state index >= 15 is 0 Å². The number of nitrogens with zero attached hydrogens (tertiary/aromatic N) is 4. The Kier molecular flexibility index (Phi) is 3.51. The molecule has 7 nitrogen and oxygen atoms in total. The van der Waals surface area contributed by atoms with Crippen LogP contribution in [0.3, 0.4) is 0 Å². The van der Waals surface area contributed by atoms with Crippen molar-refractivity contribution >= 4 is 22.5 Å². The van der Waals surface area contributed by atoms with Gasteiger partial charge in [-0.05, 0) is 49.6 Å². The highest BCUT2D eigenvalue weighted by Crippen LogP contribution is 2.36. The number of H-pyrrole nitrogens is 1. The van der Waals surface area contributed by atoms with Crippen LogP contribution in [-0.4, -0.2) is 37.7 Å². The molecule has 3 aromatic heterocycles. The number of anilines is 1. The lowest BCUT2D eigenvalue weighted by Gasteiger charge is -2.15. The topological polar surface area (TPSA) is 80.1 Å². The average molecular weight is 348 g/mol. The fraction of sp³-hybridized carbons (Fsp3) is 0.316. The van der Waals surface area contributed by atoms with E-state index in [9.17, 15) is 0 Å². The Morgan fingerprint density at radius 3 is 2.88 bits per heavy atom. The molecule has 1 aliphatic carbocycles. The van der Waals surface area contributed by atoms with Crippen LogP contribution in [0.2, 0.25) is 0 Å². The number of ether oxygens (including phenoxy) is 1. The molecular formula is C19H20N6O. The molecule has 4 aromatic rings. The summed E-state index contributed by atoms with van der Waals surface area (Å²) in [5.41, 5.74) is 3.83. The van der Waals surface area contributed by atoms with Gasteiger partial charge in [0.05, 0.1) is 18.8 Å². The monoisotopic (exact) mass is 348 g/mol. The zero-order chi connectivity index (χ0) is 17.5. The molecule has 1 fully saturated rings. The van der Waals surface area contributed by atoms with Crippen molar-refractivity contribution < 1.29 is 4.74 Å². The van der Waals surface area contributed by atoms with Crippen LogP contribution >= 0.6 is 0 Å². The van der Waals surface area contributed by atoms with Crippen molar-refractivity contribution in [2.75, 3.05) is 12.4 Å². The molecule has 2 unspecified atom stereocenters. The van der Waals surface area contributed by atoms with E-state index < -0.39 is 0 Å². The van der Waals surface area contributed by atoms with E-state index in [-0.39, 0.29) is 0 Å². The number of hydrogen-bond donors (Lipinski definition) is 2. The van der Waals surface area contributed by atoms with Gasteiger partial charge in [0, 0.05) is 23.8 Å². The fourth-order valence-corrected chi connectivity index (χ4v) is 3.93. The van der Waals surface area contributed by atoms with Gasteiger partial charge in [-0.2, -0.15) is 0 Å². The third kappa shape index (κ3) is 2.47. The van der Waals surface area contributed by atoms with E-state index in [4.69, 9.17) is 4.74 Å². The molecule has 1 aliphatic rings. The summed E-state index contributed by atoms with van der Waals surface area (Å²) in [6.45, 7) is 0. The van der Waals surface area contributed by atoms with Crippen LogP contribution in [0.25, 0.3) is 16.8 Å². The maximum absolute atomic E-state index is 5.22. The zero-order valence-corrected chi connectivity index (χ0v) is 14.5. The van der Waals surface area contributed by atoms with Crippen molar-refractivity contribution in [3.8, 4) is 5.75 Å². The molecule has 2 atom stereocenters. The average Bonchev–Trinajstić information content (AvgIpc) is 3.40. The summed E-state index contributed by atoms with van der Waals surface area (Å²) in [6.07, 6.45) is 6.94. The first-order valence-corrected chi connectivity index (χ1v) is 8.89. The van der Waals surface area contributed by atoms with Gasteiger partial charge in [-0.1, -0.05) is 0 Å². The van der Waals surface area contributed by atoms with Crippen LogP contribution < -0.4 is 10.1 Å². The molecule has 0 spiro atoms. The van der Waals surface area contributed by atoms with Gasteiger partial charge < -0.3 is 15.0 Å². The van der Waals surface area contributed by atoms with Crippen LogP contribution in [0.1, 0.15) is 31.0 Å². The first kappa shape index (κ1) is 15.2. The van der Waals surface area contributed by atoms with Gasteiger partial charge in [0.2, 0.25) is 0 Å². The van der Waals surface area contributed by atoms with Gasteiger partial charge in [0.25, 0.3) is 0 Å². The van der Waals surface area contributed by atoms with Gasteiger partial charge in [0.1, 0.15) is 11.6 Å². The van der Waals surface area contributed by atoms with Gasteiger partial charge in [0.15, 0.2) is 11.3 Å². The summed E-state index contributed by atoms with van der Waals surface area (Å²) in [4.78, 5) is 7.55.